The Kier molecular flexibility index (Phi) is 6.44. The molecule has 1 aromatic rings. The van der Waals surface area contributed by atoms with Crippen LogP contribution in [-0.4, -0.2) is 23.8 Å². The van der Waals surface area contributed by atoms with E-state index in [9.17, 15) is 4.79 Å². The van der Waals surface area contributed by atoms with Gasteiger partial charge in [0.15, 0.2) is 0 Å². The molecule has 0 spiro atoms. The van der Waals surface area contributed by atoms with Crippen molar-refractivity contribution in [2.45, 2.75) is 65.6 Å². The molecule has 0 saturated carbocycles. The van der Waals surface area contributed by atoms with Gasteiger partial charge in [-0.05, 0) is 52.0 Å². The van der Waals surface area contributed by atoms with Gasteiger partial charge in [0, 0.05) is 17.5 Å². The molecule has 0 aliphatic carbocycles. The third kappa shape index (κ3) is 6.79. The third-order valence-corrected chi connectivity index (χ3v) is 4.08. The predicted molar refractivity (Wildman–Crippen MR) is 93.3 cm³/mol. The number of amides is 1. The summed E-state index contributed by atoms with van der Waals surface area (Å²) in [6, 6.07) is 4.51. The van der Waals surface area contributed by atoms with Gasteiger partial charge >= 0.3 is 6.09 Å². The monoisotopic (exact) mass is 326 g/mol. The topological polar surface area (TPSA) is 50.4 Å². The van der Waals surface area contributed by atoms with Gasteiger partial charge in [0.05, 0.1) is 5.54 Å². The summed E-state index contributed by atoms with van der Waals surface area (Å²) in [6.45, 7) is 14.7. The number of thiophene rings is 1. The van der Waals surface area contributed by atoms with Crippen LogP contribution in [0.4, 0.5) is 4.79 Å². The fraction of sp³-hybridized carbons (Fsp3) is 0.706. The van der Waals surface area contributed by atoms with E-state index in [0.717, 1.165) is 0 Å². The SMILES string of the molecule is CC(C)C(NCC(C)(C)NC(=O)OC(C)(C)C)c1cccs1. The van der Waals surface area contributed by atoms with Gasteiger partial charge in [0.25, 0.3) is 0 Å². The number of hydrogen-bond donors (Lipinski definition) is 2. The highest BCUT2D eigenvalue weighted by molar-refractivity contribution is 7.10. The van der Waals surface area contributed by atoms with Crippen molar-refractivity contribution in [2.24, 2.45) is 5.92 Å². The molecule has 1 rings (SSSR count). The molecule has 0 bridgehead atoms. The van der Waals surface area contributed by atoms with Crippen LogP contribution in [0.25, 0.3) is 0 Å². The second-order valence-electron chi connectivity index (χ2n) is 7.63. The quantitative estimate of drug-likeness (QED) is 0.817. The standard InChI is InChI=1S/C17H30N2O2S/c1-12(2)14(13-9-8-10-22-13)18-11-17(6,7)19-15(20)21-16(3,4)5/h8-10,12,14,18H,11H2,1-7H3,(H,19,20). The molecule has 4 nitrogen and oxygen atoms in total. The number of carbonyl (C=O) groups is 1. The zero-order chi connectivity index (χ0) is 17.0. The van der Waals surface area contributed by atoms with E-state index < -0.39 is 5.60 Å². The first-order valence-electron chi connectivity index (χ1n) is 7.78. The molecule has 0 aromatic carbocycles. The maximum atomic E-state index is 11.9. The molecule has 1 atom stereocenters. The molecule has 0 fully saturated rings. The molecule has 126 valence electrons. The van der Waals surface area contributed by atoms with Crippen LogP contribution in [0, 0.1) is 5.92 Å². The second-order valence-corrected chi connectivity index (χ2v) is 8.61. The van der Waals surface area contributed by atoms with Crippen LogP contribution in [0.3, 0.4) is 0 Å². The Morgan fingerprint density at radius 2 is 1.91 bits per heavy atom. The number of alkyl carbamates (subject to hydrolysis) is 1. The van der Waals surface area contributed by atoms with Crippen LogP contribution in [-0.2, 0) is 4.74 Å². The van der Waals surface area contributed by atoms with Crippen LogP contribution in [0.2, 0.25) is 0 Å². The van der Waals surface area contributed by atoms with E-state index in [4.69, 9.17) is 4.74 Å². The highest BCUT2D eigenvalue weighted by atomic mass is 32.1. The van der Waals surface area contributed by atoms with Crippen LogP contribution >= 0.6 is 11.3 Å². The van der Waals surface area contributed by atoms with Gasteiger partial charge < -0.3 is 15.4 Å². The fourth-order valence-corrected chi connectivity index (χ4v) is 3.10. The van der Waals surface area contributed by atoms with Gasteiger partial charge in [-0.15, -0.1) is 11.3 Å². The van der Waals surface area contributed by atoms with E-state index in [1.807, 2.05) is 34.6 Å². The molecule has 1 aromatic heterocycles. The normalized spacial score (nSPS) is 14.0. The summed E-state index contributed by atoms with van der Waals surface area (Å²) in [6.07, 6.45) is -0.378. The summed E-state index contributed by atoms with van der Waals surface area (Å²) in [7, 11) is 0. The minimum atomic E-state index is -0.481. The number of nitrogens with one attached hydrogen (secondary N) is 2. The number of ether oxygens (including phenoxy) is 1. The van der Waals surface area contributed by atoms with Crippen molar-refractivity contribution < 1.29 is 9.53 Å². The average Bonchev–Trinajstić information content (AvgIpc) is 2.78. The Bertz CT molecular complexity index is 462. The van der Waals surface area contributed by atoms with E-state index >= 15 is 0 Å². The Morgan fingerprint density at radius 1 is 1.27 bits per heavy atom. The van der Waals surface area contributed by atoms with E-state index in [-0.39, 0.29) is 11.6 Å². The average molecular weight is 327 g/mol. The molecule has 0 aliphatic heterocycles. The molecule has 1 amide bonds. The fourth-order valence-electron chi connectivity index (χ4n) is 2.12. The van der Waals surface area contributed by atoms with Crippen molar-refractivity contribution in [1.82, 2.24) is 10.6 Å². The lowest BCUT2D eigenvalue weighted by Gasteiger charge is -2.31. The number of hydrogen-bond acceptors (Lipinski definition) is 4. The molecule has 1 unspecified atom stereocenters. The molecule has 1 heterocycles. The Morgan fingerprint density at radius 3 is 2.36 bits per heavy atom. The zero-order valence-electron chi connectivity index (χ0n) is 14.8. The highest BCUT2D eigenvalue weighted by Crippen LogP contribution is 2.26. The largest absolute Gasteiger partial charge is 0.444 e. The summed E-state index contributed by atoms with van der Waals surface area (Å²) in [5, 5.41) is 8.60. The maximum Gasteiger partial charge on any atom is 0.408 e. The van der Waals surface area contributed by atoms with Crippen LogP contribution in [0.15, 0.2) is 17.5 Å². The summed E-state index contributed by atoms with van der Waals surface area (Å²) in [4.78, 5) is 13.2. The highest BCUT2D eigenvalue weighted by Gasteiger charge is 2.26. The summed E-state index contributed by atoms with van der Waals surface area (Å²) < 4.78 is 5.32. The summed E-state index contributed by atoms with van der Waals surface area (Å²) in [5.74, 6) is 0.482. The van der Waals surface area contributed by atoms with Crippen LogP contribution < -0.4 is 10.6 Å². The van der Waals surface area contributed by atoms with Crippen LogP contribution in [0.5, 0.6) is 0 Å². The molecule has 2 N–H and O–H groups in total. The smallest absolute Gasteiger partial charge is 0.408 e. The predicted octanol–water partition coefficient (Wildman–Crippen LogP) is 4.34. The lowest BCUT2D eigenvalue weighted by Crippen LogP contribution is -2.52. The first-order chi connectivity index (χ1) is 10.0. The van der Waals surface area contributed by atoms with Crippen molar-refractivity contribution in [3.8, 4) is 0 Å². The maximum absolute atomic E-state index is 11.9. The van der Waals surface area contributed by atoms with Crippen molar-refractivity contribution in [3.63, 3.8) is 0 Å². The van der Waals surface area contributed by atoms with Gasteiger partial charge in [-0.3, -0.25) is 0 Å². The minimum absolute atomic E-state index is 0.291. The van der Waals surface area contributed by atoms with Crippen molar-refractivity contribution in [1.29, 1.82) is 0 Å². The van der Waals surface area contributed by atoms with Gasteiger partial charge in [0.2, 0.25) is 0 Å². The summed E-state index contributed by atoms with van der Waals surface area (Å²) in [5.41, 5.74) is -0.863. The third-order valence-electron chi connectivity index (χ3n) is 3.12. The molecule has 0 aliphatic rings. The van der Waals surface area contributed by atoms with Gasteiger partial charge in [-0.2, -0.15) is 0 Å². The molecule has 5 heteroatoms. The van der Waals surface area contributed by atoms with Crippen LogP contribution in [0.1, 0.15) is 59.4 Å². The van der Waals surface area contributed by atoms with Crippen molar-refractivity contribution in [3.05, 3.63) is 22.4 Å². The molecule has 0 saturated heterocycles. The zero-order valence-corrected chi connectivity index (χ0v) is 15.6. The lowest BCUT2D eigenvalue weighted by atomic mass is 10.00. The van der Waals surface area contributed by atoms with E-state index in [2.05, 4.69) is 42.0 Å². The van der Waals surface area contributed by atoms with Crippen molar-refractivity contribution in [2.75, 3.05) is 6.54 Å². The first kappa shape index (κ1) is 19.0. The molecular weight excluding hydrogens is 296 g/mol. The summed E-state index contributed by atoms with van der Waals surface area (Å²) >= 11 is 1.76. The van der Waals surface area contributed by atoms with Crippen molar-refractivity contribution >= 4 is 17.4 Å². The Labute approximate surface area is 138 Å². The number of rotatable bonds is 6. The molecular formula is C17H30N2O2S. The van der Waals surface area contributed by atoms with E-state index in [1.54, 1.807) is 11.3 Å². The van der Waals surface area contributed by atoms with E-state index in [1.165, 1.54) is 4.88 Å². The first-order valence-corrected chi connectivity index (χ1v) is 8.66. The lowest BCUT2D eigenvalue weighted by molar-refractivity contribution is 0.0470. The molecule has 22 heavy (non-hydrogen) atoms. The Balaban J connectivity index is 2.58. The number of carbonyl (C=O) groups excluding carboxylic acids is 1. The van der Waals surface area contributed by atoms with Gasteiger partial charge in [0.1, 0.15) is 5.60 Å². The molecule has 0 radical (unpaired) electrons. The van der Waals surface area contributed by atoms with Gasteiger partial charge in [-0.25, -0.2) is 4.79 Å². The second kappa shape index (κ2) is 7.47. The van der Waals surface area contributed by atoms with Gasteiger partial charge in [-0.1, -0.05) is 19.9 Å². The Hall–Kier alpha value is -1.07. The van der Waals surface area contributed by atoms with E-state index in [0.29, 0.717) is 18.5 Å². The minimum Gasteiger partial charge on any atom is -0.444 e.